The van der Waals surface area contributed by atoms with E-state index in [9.17, 15) is 0 Å². The van der Waals surface area contributed by atoms with E-state index in [0.29, 0.717) is 12.5 Å². The van der Waals surface area contributed by atoms with Gasteiger partial charge in [-0.25, -0.2) is 4.98 Å². The highest BCUT2D eigenvalue weighted by atomic mass is 16.5. The number of pyridine rings is 2. The summed E-state index contributed by atoms with van der Waals surface area (Å²) in [7, 11) is 0. The molecule has 0 saturated carbocycles. The second kappa shape index (κ2) is 10.7. The summed E-state index contributed by atoms with van der Waals surface area (Å²) in [6.45, 7) is 7.81. The molecule has 7 heteroatoms. The second-order valence-corrected chi connectivity index (χ2v) is 7.78. The van der Waals surface area contributed by atoms with Crippen molar-refractivity contribution in [1.82, 2.24) is 9.97 Å². The van der Waals surface area contributed by atoms with Gasteiger partial charge in [-0.15, -0.1) is 0 Å². The summed E-state index contributed by atoms with van der Waals surface area (Å²) < 4.78 is 11.5. The van der Waals surface area contributed by atoms with Crippen molar-refractivity contribution in [3.05, 3.63) is 77.2 Å². The van der Waals surface area contributed by atoms with Crippen LogP contribution in [0.5, 0.6) is 5.88 Å². The van der Waals surface area contributed by atoms with E-state index in [1.54, 1.807) is 12.4 Å². The van der Waals surface area contributed by atoms with Gasteiger partial charge in [0.1, 0.15) is 0 Å². The second-order valence-electron chi connectivity index (χ2n) is 7.78. The van der Waals surface area contributed by atoms with Crippen molar-refractivity contribution < 1.29 is 9.47 Å². The number of rotatable bonds is 8. The van der Waals surface area contributed by atoms with Gasteiger partial charge in [-0.05, 0) is 55.3 Å². The summed E-state index contributed by atoms with van der Waals surface area (Å²) in [5.41, 5.74) is 9.31. The van der Waals surface area contributed by atoms with Crippen LogP contribution in [0.4, 0.5) is 11.4 Å². The third-order valence-electron chi connectivity index (χ3n) is 5.41. The summed E-state index contributed by atoms with van der Waals surface area (Å²) >= 11 is 0. The average Bonchev–Trinajstić information content (AvgIpc) is 2.83. The van der Waals surface area contributed by atoms with Crippen LogP contribution in [0.3, 0.4) is 0 Å². The van der Waals surface area contributed by atoms with E-state index in [1.807, 2.05) is 36.4 Å². The number of aryl methyl sites for hydroxylation is 2. The number of nitrogens with one attached hydrogen (secondary N) is 1. The molecule has 0 atom stereocenters. The normalized spacial score (nSPS) is 14.0. The van der Waals surface area contributed by atoms with Crippen molar-refractivity contribution in [1.29, 1.82) is 0 Å². The zero-order valence-corrected chi connectivity index (χ0v) is 18.6. The molecule has 3 aromatic rings. The summed E-state index contributed by atoms with van der Waals surface area (Å²) in [5.74, 6) is 0.581. The largest absolute Gasteiger partial charge is 0.477 e. The molecule has 1 saturated heterocycles. The van der Waals surface area contributed by atoms with E-state index in [1.165, 1.54) is 11.1 Å². The van der Waals surface area contributed by atoms with Crippen LogP contribution in [0.2, 0.25) is 0 Å². The molecule has 1 aliphatic heterocycles. The molecule has 32 heavy (non-hydrogen) atoms. The lowest BCUT2D eigenvalue weighted by atomic mass is 10.1. The van der Waals surface area contributed by atoms with E-state index in [4.69, 9.17) is 9.47 Å². The molecular formula is C25H29N5O2. The van der Waals surface area contributed by atoms with E-state index in [-0.39, 0.29) is 0 Å². The van der Waals surface area contributed by atoms with Crippen LogP contribution in [0.15, 0.2) is 59.8 Å². The Morgan fingerprint density at radius 2 is 1.97 bits per heavy atom. The molecule has 2 aromatic heterocycles. The SMILES string of the molecule is Cc1ccc(N/N=C/c2cc(N3CCOCC3)cc(OCCc3ccccn3)n2)cc1C. The Labute approximate surface area is 189 Å². The minimum atomic E-state index is 0.508. The van der Waals surface area contributed by atoms with Crippen LogP contribution in [-0.2, 0) is 11.2 Å². The number of hydrogen-bond acceptors (Lipinski definition) is 7. The van der Waals surface area contributed by atoms with Gasteiger partial charge >= 0.3 is 0 Å². The smallest absolute Gasteiger partial charge is 0.215 e. The number of aromatic nitrogens is 2. The van der Waals surface area contributed by atoms with E-state index in [2.05, 4.69) is 51.4 Å². The molecule has 1 aliphatic rings. The monoisotopic (exact) mass is 431 g/mol. The highest BCUT2D eigenvalue weighted by molar-refractivity contribution is 5.80. The summed E-state index contributed by atoms with van der Waals surface area (Å²) in [6.07, 6.45) is 4.25. The van der Waals surface area contributed by atoms with Crippen molar-refractivity contribution >= 4 is 17.6 Å². The Balaban J connectivity index is 1.47. The van der Waals surface area contributed by atoms with E-state index >= 15 is 0 Å². The zero-order chi connectivity index (χ0) is 22.2. The standard InChI is InChI=1S/C25H29N5O2/c1-19-6-7-22(15-20(19)2)29-27-18-23-16-24(30-10-13-31-14-11-30)17-25(28-23)32-12-8-21-5-3-4-9-26-21/h3-7,9,15-18,29H,8,10-14H2,1-2H3/b27-18+. The molecule has 3 heterocycles. The van der Waals surface area contributed by atoms with Crippen LogP contribution in [-0.4, -0.2) is 49.1 Å². The Morgan fingerprint density at radius 1 is 1.09 bits per heavy atom. The fraction of sp³-hybridized carbons (Fsp3) is 0.320. The molecule has 0 unspecified atom stereocenters. The third-order valence-corrected chi connectivity index (χ3v) is 5.41. The predicted octanol–water partition coefficient (Wildman–Crippen LogP) is 4.00. The molecule has 0 aliphatic carbocycles. The highest BCUT2D eigenvalue weighted by Crippen LogP contribution is 2.22. The lowest BCUT2D eigenvalue weighted by molar-refractivity contribution is 0.122. The van der Waals surface area contributed by atoms with Crippen LogP contribution in [0.1, 0.15) is 22.5 Å². The van der Waals surface area contributed by atoms with Crippen LogP contribution >= 0.6 is 0 Å². The minimum absolute atomic E-state index is 0.508. The molecule has 166 valence electrons. The maximum atomic E-state index is 5.98. The fourth-order valence-corrected chi connectivity index (χ4v) is 3.45. The van der Waals surface area contributed by atoms with Crippen molar-refractivity contribution in [2.75, 3.05) is 43.2 Å². The maximum absolute atomic E-state index is 5.98. The topological polar surface area (TPSA) is 71.9 Å². The number of morpholine rings is 1. The van der Waals surface area contributed by atoms with Gasteiger partial charge < -0.3 is 14.4 Å². The first-order valence-electron chi connectivity index (χ1n) is 10.9. The highest BCUT2D eigenvalue weighted by Gasteiger charge is 2.14. The van der Waals surface area contributed by atoms with E-state index in [0.717, 1.165) is 55.5 Å². The van der Waals surface area contributed by atoms with Gasteiger partial charge in [0, 0.05) is 43.2 Å². The van der Waals surface area contributed by atoms with E-state index < -0.39 is 0 Å². The van der Waals surface area contributed by atoms with Crippen LogP contribution in [0, 0.1) is 13.8 Å². The van der Waals surface area contributed by atoms with Gasteiger partial charge in [0.25, 0.3) is 0 Å². The Kier molecular flexibility index (Phi) is 7.30. The summed E-state index contributed by atoms with van der Waals surface area (Å²) in [6, 6.07) is 16.1. The Bertz CT molecular complexity index is 1050. The number of hydrazone groups is 1. The number of nitrogens with zero attached hydrogens (tertiary/aromatic N) is 4. The number of anilines is 2. The molecule has 7 nitrogen and oxygen atoms in total. The van der Waals surface area contributed by atoms with Gasteiger partial charge in [0.2, 0.25) is 5.88 Å². The van der Waals surface area contributed by atoms with Crippen molar-refractivity contribution in [2.45, 2.75) is 20.3 Å². The molecular weight excluding hydrogens is 402 g/mol. The van der Waals surface area contributed by atoms with Gasteiger partial charge in [-0.3, -0.25) is 10.4 Å². The lowest BCUT2D eigenvalue weighted by Crippen LogP contribution is -2.36. The number of ether oxygens (including phenoxy) is 2. The molecule has 0 bridgehead atoms. The molecule has 0 spiro atoms. The first-order chi connectivity index (χ1) is 15.7. The molecule has 1 fully saturated rings. The zero-order valence-electron chi connectivity index (χ0n) is 18.6. The first kappa shape index (κ1) is 21.8. The van der Waals surface area contributed by atoms with Crippen LogP contribution < -0.4 is 15.1 Å². The molecule has 0 radical (unpaired) electrons. The predicted molar refractivity (Wildman–Crippen MR) is 128 cm³/mol. The van der Waals surface area contributed by atoms with Crippen molar-refractivity contribution in [3.8, 4) is 5.88 Å². The average molecular weight is 432 g/mol. The van der Waals surface area contributed by atoms with Gasteiger partial charge in [0.05, 0.1) is 37.4 Å². The molecule has 1 N–H and O–H groups in total. The first-order valence-corrected chi connectivity index (χ1v) is 10.9. The number of hydrogen-bond donors (Lipinski definition) is 1. The van der Waals surface area contributed by atoms with Crippen molar-refractivity contribution in [3.63, 3.8) is 0 Å². The quantitative estimate of drug-likeness (QED) is 0.429. The van der Waals surface area contributed by atoms with Gasteiger partial charge in [0.15, 0.2) is 0 Å². The minimum Gasteiger partial charge on any atom is -0.477 e. The Hall–Kier alpha value is -3.45. The van der Waals surface area contributed by atoms with Gasteiger partial charge in [-0.1, -0.05) is 12.1 Å². The number of benzene rings is 1. The van der Waals surface area contributed by atoms with Crippen LogP contribution in [0.25, 0.3) is 0 Å². The van der Waals surface area contributed by atoms with Crippen molar-refractivity contribution in [2.24, 2.45) is 5.10 Å². The molecule has 4 rings (SSSR count). The summed E-state index contributed by atoms with van der Waals surface area (Å²) in [4.78, 5) is 11.3. The van der Waals surface area contributed by atoms with Gasteiger partial charge in [-0.2, -0.15) is 5.10 Å². The summed E-state index contributed by atoms with van der Waals surface area (Å²) in [5, 5.41) is 4.39. The third kappa shape index (κ3) is 6.04. The molecule has 1 aromatic carbocycles. The lowest BCUT2D eigenvalue weighted by Gasteiger charge is -2.29. The molecule has 0 amide bonds. The Morgan fingerprint density at radius 3 is 2.75 bits per heavy atom. The fourth-order valence-electron chi connectivity index (χ4n) is 3.45. The maximum Gasteiger partial charge on any atom is 0.215 e.